The van der Waals surface area contributed by atoms with Gasteiger partial charge in [-0.15, -0.1) is 0 Å². The molecule has 7 nitrogen and oxygen atoms in total. The molecule has 2 aliphatic rings. The molecule has 0 aromatic heterocycles. The Kier molecular flexibility index (Phi) is 6.67. The average molecular weight is 346 g/mol. The van der Waals surface area contributed by atoms with Crippen LogP contribution in [0.4, 0.5) is 0 Å². The van der Waals surface area contributed by atoms with E-state index in [2.05, 4.69) is 22.1 Å². The van der Waals surface area contributed by atoms with Gasteiger partial charge in [0.15, 0.2) is 5.96 Å². The van der Waals surface area contributed by atoms with Crippen LogP contribution < -0.4 is 11.1 Å². The minimum Gasteiger partial charge on any atom is -0.370 e. The topological polar surface area (TPSA) is 91.0 Å². The van der Waals surface area contributed by atoms with Crippen molar-refractivity contribution in [3.63, 3.8) is 0 Å². The fourth-order valence-corrected chi connectivity index (χ4v) is 4.79. The highest BCUT2D eigenvalue weighted by Gasteiger charge is 2.29. The molecule has 0 radical (unpaired) electrons. The molecule has 0 aromatic rings. The monoisotopic (exact) mass is 345 g/mol. The number of nitrogens with two attached hydrogens (primary N) is 1. The van der Waals surface area contributed by atoms with Crippen molar-refractivity contribution in [1.29, 1.82) is 0 Å². The molecule has 0 aromatic carbocycles. The van der Waals surface area contributed by atoms with Crippen LogP contribution in [0.25, 0.3) is 0 Å². The predicted molar refractivity (Wildman–Crippen MR) is 93.9 cm³/mol. The zero-order chi connectivity index (χ0) is 16.9. The van der Waals surface area contributed by atoms with Crippen LogP contribution in [0.15, 0.2) is 4.99 Å². The van der Waals surface area contributed by atoms with E-state index < -0.39 is 10.0 Å². The summed E-state index contributed by atoms with van der Waals surface area (Å²) in [6.45, 7) is 6.25. The fraction of sp³-hybridized carbons (Fsp3) is 0.933. The van der Waals surface area contributed by atoms with Gasteiger partial charge in [-0.25, -0.2) is 8.42 Å². The first-order valence-corrected chi connectivity index (χ1v) is 10.5. The SMILES string of the molecule is CCN1CCCC1CNC(N)=NCC1CCCCN1S(C)(=O)=O. The summed E-state index contributed by atoms with van der Waals surface area (Å²) in [5, 5.41) is 3.20. The van der Waals surface area contributed by atoms with Crippen molar-refractivity contribution < 1.29 is 8.42 Å². The van der Waals surface area contributed by atoms with Gasteiger partial charge in [-0.05, 0) is 38.8 Å². The van der Waals surface area contributed by atoms with E-state index in [1.54, 1.807) is 4.31 Å². The van der Waals surface area contributed by atoms with Crippen LogP contribution in [-0.2, 0) is 10.0 Å². The Morgan fingerprint density at radius 1 is 1.22 bits per heavy atom. The minimum atomic E-state index is -3.16. The van der Waals surface area contributed by atoms with E-state index in [1.807, 2.05) is 0 Å². The fourth-order valence-electron chi connectivity index (χ4n) is 3.62. The quantitative estimate of drug-likeness (QED) is 0.530. The van der Waals surface area contributed by atoms with Gasteiger partial charge in [0.25, 0.3) is 0 Å². The summed E-state index contributed by atoms with van der Waals surface area (Å²) in [6, 6.07) is 0.466. The van der Waals surface area contributed by atoms with Gasteiger partial charge in [0, 0.05) is 25.2 Å². The first-order valence-electron chi connectivity index (χ1n) is 8.66. The summed E-state index contributed by atoms with van der Waals surface area (Å²) in [7, 11) is -3.16. The zero-order valence-electron chi connectivity index (χ0n) is 14.4. The summed E-state index contributed by atoms with van der Waals surface area (Å²) in [6.07, 6.45) is 6.54. The first kappa shape index (κ1) is 18.5. The number of nitrogens with one attached hydrogen (secondary N) is 1. The highest BCUT2D eigenvalue weighted by atomic mass is 32.2. The Labute approximate surface area is 140 Å². The van der Waals surface area contributed by atoms with Crippen molar-refractivity contribution in [3.05, 3.63) is 0 Å². The van der Waals surface area contributed by atoms with Gasteiger partial charge in [-0.1, -0.05) is 13.3 Å². The second kappa shape index (κ2) is 8.30. The number of likely N-dealkylation sites (N-methyl/N-ethyl adjacent to an activating group) is 1. The van der Waals surface area contributed by atoms with E-state index in [1.165, 1.54) is 19.1 Å². The molecule has 3 N–H and O–H groups in total. The van der Waals surface area contributed by atoms with Crippen molar-refractivity contribution in [2.75, 3.05) is 39.0 Å². The first-order chi connectivity index (χ1) is 10.9. The Balaban J connectivity index is 1.83. The molecule has 2 fully saturated rings. The molecular formula is C15H31N5O2S. The van der Waals surface area contributed by atoms with Crippen LogP contribution in [-0.4, -0.2) is 74.6 Å². The third-order valence-electron chi connectivity index (χ3n) is 4.90. The van der Waals surface area contributed by atoms with Crippen LogP contribution in [0.5, 0.6) is 0 Å². The molecule has 0 amide bonds. The number of rotatable bonds is 6. The molecule has 2 aliphatic heterocycles. The van der Waals surface area contributed by atoms with Crippen molar-refractivity contribution >= 4 is 16.0 Å². The molecule has 2 unspecified atom stereocenters. The van der Waals surface area contributed by atoms with Crippen LogP contribution in [0.3, 0.4) is 0 Å². The van der Waals surface area contributed by atoms with Crippen molar-refractivity contribution in [3.8, 4) is 0 Å². The summed E-state index contributed by atoms with van der Waals surface area (Å²) >= 11 is 0. The van der Waals surface area contributed by atoms with E-state index in [0.717, 1.165) is 38.9 Å². The molecule has 23 heavy (non-hydrogen) atoms. The normalized spacial score (nSPS) is 28.2. The van der Waals surface area contributed by atoms with E-state index in [-0.39, 0.29) is 6.04 Å². The third-order valence-corrected chi connectivity index (χ3v) is 6.23. The van der Waals surface area contributed by atoms with Gasteiger partial charge < -0.3 is 11.1 Å². The lowest BCUT2D eigenvalue weighted by Crippen LogP contribution is -2.46. The van der Waals surface area contributed by atoms with Gasteiger partial charge in [0.1, 0.15) is 0 Å². The lowest BCUT2D eigenvalue weighted by Gasteiger charge is -2.32. The maximum absolute atomic E-state index is 11.8. The Hall–Kier alpha value is -0.860. The van der Waals surface area contributed by atoms with E-state index in [4.69, 9.17) is 5.73 Å². The van der Waals surface area contributed by atoms with Gasteiger partial charge in [-0.3, -0.25) is 9.89 Å². The maximum Gasteiger partial charge on any atom is 0.211 e. The van der Waals surface area contributed by atoms with Gasteiger partial charge >= 0.3 is 0 Å². The lowest BCUT2D eigenvalue weighted by molar-refractivity contribution is 0.259. The Morgan fingerprint density at radius 2 is 1.96 bits per heavy atom. The molecule has 2 rings (SSSR count). The Morgan fingerprint density at radius 3 is 2.65 bits per heavy atom. The number of piperidine rings is 1. The molecule has 0 aliphatic carbocycles. The number of hydrogen-bond acceptors (Lipinski definition) is 4. The second-order valence-electron chi connectivity index (χ2n) is 6.55. The molecular weight excluding hydrogens is 314 g/mol. The molecule has 0 bridgehead atoms. The molecule has 134 valence electrons. The zero-order valence-corrected chi connectivity index (χ0v) is 15.2. The van der Waals surface area contributed by atoms with Crippen LogP contribution >= 0.6 is 0 Å². The van der Waals surface area contributed by atoms with Gasteiger partial charge in [0.05, 0.1) is 12.8 Å². The molecule has 0 saturated carbocycles. The third kappa shape index (κ3) is 5.32. The number of aliphatic imine (C=N–C) groups is 1. The van der Waals surface area contributed by atoms with Gasteiger partial charge in [0.2, 0.25) is 10.0 Å². The highest BCUT2D eigenvalue weighted by Crippen LogP contribution is 2.20. The number of hydrogen-bond donors (Lipinski definition) is 2. The molecule has 2 heterocycles. The Bertz CT molecular complexity index is 508. The second-order valence-corrected chi connectivity index (χ2v) is 8.49. The summed E-state index contributed by atoms with van der Waals surface area (Å²) in [4.78, 5) is 6.83. The molecule has 0 spiro atoms. The van der Waals surface area contributed by atoms with Crippen LogP contribution in [0, 0.1) is 0 Å². The number of nitrogens with zero attached hydrogens (tertiary/aromatic N) is 3. The largest absolute Gasteiger partial charge is 0.370 e. The maximum atomic E-state index is 11.8. The predicted octanol–water partition coefficient (Wildman–Crippen LogP) is 0.189. The molecule has 8 heteroatoms. The van der Waals surface area contributed by atoms with E-state index in [9.17, 15) is 8.42 Å². The molecule has 2 atom stereocenters. The molecule has 2 saturated heterocycles. The number of guanidine groups is 1. The van der Waals surface area contributed by atoms with Gasteiger partial charge in [-0.2, -0.15) is 4.31 Å². The summed E-state index contributed by atoms with van der Waals surface area (Å²) < 4.78 is 25.2. The van der Waals surface area contributed by atoms with Crippen molar-refractivity contribution in [2.45, 2.75) is 51.1 Å². The van der Waals surface area contributed by atoms with Crippen molar-refractivity contribution in [2.24, 2.45) is 10.7 Å². The standard InChI is InChI=1S/C15H31N5O2S/c1-3-19-9-6-8-13(19)11-17-15(16)18-12-14-7-4-5-10-20(14)23(2,21)22/h13-14H,3-12H2,1-2H3,(H3,16,17,18). The van der Waals surface area contributed by atoms with Crippen molar-refractivity contribution in [1.82, 2.24) is 14.5 Å². The van der Waals surface area contributed by atoms with E-state index in [0.29, 0.717) is 25.1 Å². The summed E-state index contributed by atoms with van der Waals surface area (Å²) in [5.41, 5.74) is 5.96. The van der Waals surface area contributed by atoms with Crippen LogP contribution in [0.2, 0.25) is 0 Å². The average Bonchev–Trinajstić information content (AvgIpc) is 2.97. The number of likely N-dealkylation sites (tertiary alicyclic amines) is 1. The number of sulfonamides is 1. The highest BCUT2D eigenvalue weighted by molar-refractivity contribution is 7.88. The lowest BCUT2D eigenvalue weighted by atomic mass is 10.1. The van der Waals surface area contributed by atoms with E-state index >= 15 is 0 Å². The smallest absolute Gasteiger partial charge is 0.211 e. The summed E-state index contributed by atoms with van der Waals surface area (Å²) in [5.74, 6) is 0.423. The minimum absolute atomic E-state index is 0.0577. The van der Waals surface area contributed by atoms with Crippen LogP contribution in [0.1, 0.15) is 39.0 Å².